The van der Waals surface area contributed by atoms with Crippen molar-refractivity contribution in [2.75, 3.05) is 26.6 Å². The zero-order chi connectivity index (χ0) is 7.73. The van der Waals surface area contributed by atoms with E-state index in [1.54, 1.807) is 0 Å². The van der Waals surface area contributed by atoms with E-state index in [2.05, 4.69) is 0 Å². The molecule has 0 radical (unpaired) electrons. The van der Waals surface area contributed by atoms with E-state index in [-0.39, 0.29) is 6.10 Å². The molecule has 2 saturated heterocycles. The molecule has 0 spiro atoms. The lowest BCUT2D eigenvalue weighted by Gasteiger charge is -2.26. The van der Waals surface area contributed by atoms with Crippen LogP contribution < -0.4 is 0 Å². The maximum atomic E-state index is 5.40. The molecular formula is C7H12O4. The van der Waals surface area contributed by atoms with Crippen LogP contribution in [-0.4, -0.2) is 38.5 Å². The maximum Gasteiger partial charge on any atom is 0.194 e. The third-order valence-corrected chi connectivity index (χ3v) is 2.07. The van der Waals surface area contributed by atoms with Gasteiger partial charge in [0.1, 0.15) is 12.9 Å². The minimum absolute atomic E-state index is 0.0648. The Morgan fingerprint density at radius 2 is 2.00 bits per heavy atom. The fourth-order valence-corrected chi connectivity index (χ4v) is 1.35. The first-order valence-electron chi connectivity index (χ1n) is 3.78. The van der Waals surface area contributed by atoms with Crippen molar-refractivity contribution in [3.05, 3.63) is 0 Å². The molecule has 0 aromatic heterocycles. The van der Waals surface area contributed by atoms with Gasteiger partial charge in [-0.2, -0.15) is 0 Å². The Morgan fingerprint density at radius 1 is 1.27 bits per heavy atom. The van der Waals surface area contributed by atoms with Crippen LogP contribution in [0.1, 0.15) is 6.92 Å². The Balaban J connectivity index is 2.00. The summed E-state index contributed by atoms with van der Waals surface area (Å²) in [7, 11) is 0. The highest BCUT2D eigenvalue weighted by Crippen LogP contribution is 2.27. The molecule has 0 aliphatic carbocycles. The van der Waals surface area contributed by atoms with Crippen LogP contribution in [0.3, 0.4) is 0 Å². The number of ether oxygens (including phenoxy) is 4. The minimum Gasteiger partial charge on any atom is -0.352 e. The van der Waals surface area contributed by atoms with Crippen molar-refractivity contribution in [1.82, 2.24) is 0 Å². The average Bonchev–Trinajstić information content (AvgIpc) is 2.55. The lowest BCUT2D eigenvalue weighted by molar-refractivity contribution is -0.206. The van der Waals surface area contributed by atoms with Crippen molar-refractivity contribution in [2.24, 2.45) is 0 Å². The SMILES string of the molecule is CC1(C2COCO2)OCCO1. The van der Waals surface area contributed by atoms with Gasteiger partial charge in [0.05, 0.1) is 19.8 Å². The first-order chi connectivity index (χ1) is 5.31. The van der Waals surface area contributed by atoms with Crippen LogP contribution in [0.5, 0.6) is 0 Å². The molecule has 4 nitrogen and oxygen atoms in total. The Morgan fingerprint density at radius 3 is 2.55 bits per heavy atom. The molecule has 0 amide bonds. The number of rotatable bonds is 1. The van der Waals surface area contributed by atoms with Gasteiger partial charge in [-0.05, 0) is 6.92 Å². The first-order valence-corrected chi connectivity index (χ1v) is 3.78. The predicted octanol–water partition coefficient (Wildman–Crippen LogP) is 0.122. The lowest BCUT2D eigenvalue weighted by Crippen LogP contribution is -2.41. The van der Waals surface area contributed by atoms with Crippen LogP contribution in [0, 0.1) is 0 Å². The van der Waals surface area contributed by atoms with Gasteiger partial charge in [0.25, 0.3) is 0 Å². The second-order valence-corrected chi connectivity index (χ2v) is 2.86. The molecule has 2 rings (SSSR count). The Kier molecular flexibility index (Phi) is 1.85. The fourth-order valence-electron chi connectivity index (χ4n) is 1.35. The summed E-state index contributed by atoms with van der Waals surface area (Å²) >= 11 is 0. The normalized spacial score (nSPS) is 36.3. The summed E-state index contributed by atoms with van der Waals surface area (Å²) in [5.41, 5.74) is 0. The van der Waals surface area contributed by atoms with Gasteiger partial charge in [-0.25, -0.2) is 0 Å². The van der Waals surface area contributed by atoms with E-state index >= 15 is 0 Å². The van der Waals surface area contributed by atoms with E-state index in [9.17, 15) is 0 Å². The van der Waals surface area contributed by atoms with Crippen molar-refractivity contribution in [1.29, 1.82) is 0 Å². The van der Waals surface area contributed by atoms with Crippen LogP contribution >= 0.6 is 0 Å². The Bertz CT molecular complexity index is 135. The summed E-state index contributed by atoms with van der Waals surface area (Å²) in [6.45, 7) is 4.11. The molecule has 1 unspecified atom stereocenters. The highest BCUT2D eigenvalue weighted by molar-refractivity contribution is 4.80. The van der Waals surface area contributed by atoms with Gasteiger partial charge >= 0.3 is 0 Å². The zero-order valence-corrected chi connectivity index (χ0v) is 6.54. The van der Waals surface area contributed by atoms with Gasteiger partial charge in [-0.3, -0.25) is 0 Å². The van der Waals surface area contributed by atoms with E-state index in [1.165, 1.54) is 0 Å². The van der Waals surface area contributed by atoms with Gasteiger partial charge in [-0.1, -0.05) is 0 Å². The van der Waals surface area contributed by atoms with E-state index in [1.807, 2.05) is 6.92 Å². The molecule has 0 bridgehead atoms. The second kappa shape index (κ2) is 2.71. The molecule has 2 aliphatic rings. The quantitative estimate of drug-likeness (QED) is 0.546. The van der Waals surface area contributed by atoms with Crippen molar-refractivity contribution >= 4 is 0 Å². The zero-order valence-electron chi connectivity index (χ0n) is 6.54. The molecule has 2 fully saturated rings. The van der Waals surface area contributed by atoms with Crippen molar-refractivity contribution in [3.8, 4) is 0 Å². The minimum atomic E-state index is -0.573. The van der Waals surface area contributed by atoms with Crippen LogP contribution in [-0.2, 0) is 18.9 Å². The first kappa shape index (κ1) is 7.49. The van der Waals surface area contributed by atoms with E-state index < -0.39 is 5.79 Å². The molecule has 64 valence electrons. The molecular weight excluding hydrogens is 148 g/mol. The van der Waals surface area contributed by atoms with Crippen molar-refractivity contribution in [2.45, 2.75) is 18.8 Å². The predicted molar refractivity (Wildman–Crippen MR) is 36.0 cm³/mol. The van der Waals surface area contributed by atoms with E-state index in [0.29, 0.717) is 26.6 Å². The van der Waals surface area contributed by atoms with Crippen LogP contribution in [0.25, 0.3) is 0 Å². The summed E-state index contributed by atoms with van der Waals surface area (Å²) < 4.78 is 21.1. The molecule has 0 N–H and O–H groups in total. The van der Waals surface area contributed by atoms with Gasteiger partial charge in [0.15, 0.2) is 5.79 Å². The van der Waals surface area contributed by atoms with Crippen molar-refractivity contribution < 1.29 is 18.9 Å². The highest BCUT2D eigenvalue weighted by atomic mass is 16.8. The molecule has 4 heteroatoms. The largest absolute Gasteiger partial charge is 0.352 e. The van der Waals surface area contributed by atoms with Gasteiger partial charge in [-0.15, -0.1) is 0 Å². The summed E-state index contributed by atoms with van der Waals surface area (Å²) in [6, 6.07) is 0. The van der Waals surface area contributed by atoms with Gasteiger partial charge in [0, 0.05) is 0 Å². The summed E-state index contributed by atoms with van der Waals surface area (Å²) in [5, 5.41) is 0. The summed E-state index contributed by atoms with van der Waals surface area (Å²) in [5.74, 6) is -0.573. The number of hydrogen-bond donors (Lipinski definition) is 0. The summed E-state index contributed by atoms with van der Waals surface area (Å²) in [6.07, 6.45) is -0.0648. The van der Waals surface area contributed by atoms with Crippen LogP contribution in [0.4, 0.5) is 0 Å². The van der Waals surface area contributed by atoms with Crippen molar-refractivity contribution in [3.63, 3.8) is 0 Å². The molecule has 0 aromatic carbocycles. The Hall–Kier alpha value is -0.160. The highest BCUT2D eigenvalue weighted by Gasteiger charge is 2.42. The topological polar surface area (TPSA) is 36.9 Å². The molecule has 0 aromatic rings. The molecule has 2 heterocycles. The monoisotopic (exact) mass is 160 g/mol. The lowest BCUT2D eigenvalue weighted by atomic mass is 10.2. The molecule has 0 saturated carbocycles. The summed E-state index contributed by atoms with van der Waals surface area (Å²) in [4.78, 5) is 0. The standard InChI is InChI=1S/C7H12O4/c1-7(10-2-3-11-7)6-4-8-5-9-6/h6H,2-5H2,1H3. The number of hydrogen-bond acceptors (Lipinski definition) is 4. The average molecular weight is 160 g/mol. The van der Waals surface area contributed by atoms with Crippen LogP contribution in [0.15, 0.2) is 0 Å². The third-order valence-electron chi connectivity index (χ3n) is 2.07. The molecule has 11 heavy (non-hydrogen) atoms. The fraction of sp³-hybridized carbons (Fsp3) is 1.00. The van der Waals surface area contributed by atoms with Crippen LogP contribution in [0.2, 0.25) is 0 Å². The van der Waals surface area contributed by atoms with E-state index in [4.69, 9.17) is 18.9 Å². The smallest absolute Gasteiger partial charge is 0.194 e. The Labute approximate surface area is 65.4 Å². The van der Waals surface area contributed by atoms with Gasteiger partial charge < -0.3 is 18.9 Å². The van der Waals surface area contributed by atoms with Gasteiger partial charge in [0.2, 0.25) is 0 Å². The maximum absolute atomic E-state index is 5.40. The molecule has 1 atom stereocenters. The second-order valence-electron chi connectivity index (χ2n) is 2.86. The third kappa shape index (κ3) is 1.27. The van der Waals surface area contributed by atoms with E-state index in [0.717, 1.165) is 0 Å². The molecule has 2 aliphatic heterocycles.